The van der Waals surface area contributed by atoms with Crippen LogP contribution in [-0.4, -0.2) is 38.2 Å². The standard InChI is InChI=1S/C23H32N4O2/c1-17-10-12-27(13-11-17)16-19-6-4-18(5-7-19)15-25-23(24)26-20-8-9-21(28-2)22(14-20)29-3/h4-9,14,17H,10-13,15-16H2,1-3H3,(H3,24,25,26). The number of nitrogens with zero attached hydrogens (tertiary/aromatic N) is 2. The van der Waals surface area contributed by atoms with E-state index in [0.717, 1.165) is 23.7 Å². The van der Waals surface area contributed by atoms with Crippen LogP contribution in [0.5, 0.6) is 11.5 Å². The smallest absolute Gasteiger partial charge is 0.193 e. The van der Waals surface area contributed by atoms with Gasteiger partial charge in [-0.3, -0.25) is 4.90 Å². The summed E-state index contributed by atoms with van der Waals surface area (Å²) in [6, 6.07) is 14.2. The van der Waals surface area contributed by atoms with Crippen molar-refractivity contribution in [3.8, 4) is 11.5 Å². The average molecular weight is 397 g/mol. The lowest BCUT2D eigenvalue weighted by atomic mass is 9.99. The summed E-state index contributed by atoms with van der Waals surface area (Å²) in [6.45, 7) is 6.31. The van der Waals surface area contributed by atoms with Crippen molar-refractivity contribution in [2.24, 2.45) is 16.6 Å². The molecule has 6 nitrogen and oxygen atoms in total. The second-order valence-electron chi connectivity index (χ2n) is 7.67. The second kappa shape index (κ2) is 10.2. The van der Waals surface area contributed by atoms with E-state index in [0.29, 0.717) is 24.0 Å². The maximum absolute atomic E-state index is 6.04. The molecule has 0 saturated carbocycles. The molecule has 3 N–H and O–H groups in total. The highest BCUT2D eigenvalue weighted by Gasteiger charge is 2.15. The number of piperidine rings is 1. The number of rotatable bonds is 7. The summed E-state index contributed by atoms with van der Waals surface area (Å²) < 4.78 is 10.6. The van der Waals surface area contributed by atoms with Crippen molar-refractivity contribution < 1.29 is 9.47 Å². The fraction of sp³-hybridized carbons (Fsp3) is 0.435. The van der Waals surface area contributed by atoms with Gasteiger partial charge in [0.05, 0.1) is 20.8 Å². The van der Waals surface area contributed by atoms with E-state index in [9.17, 15) is 0 Å². The van der Waals surface area contributed by atoms with E-state index in [4.69, 9.17) is 15.2 Å². The Hall–Kier alpha value is -2.73. The molecule has 1 fully saturated rings. The maximum atomic E-state index is 6.04. The molecule has 1 heterocycles. The van der Waals surface area contributed by atoms with Crippen LogP contribution in [0, 0.1) is 5.92 Å². The third-order valence-corrected chi connectivity index (χ3v) is 5.39. The number of hydrogen-bond donors (Lipinski definition) is 2. The van der Waals surface area contributed by atoms with Crippen LogP contribution in [0.4, 0.5) is 5.69 Å². The van der Waals surface area contributed by atoms with Crippen molar-refractivity contribution in [3.05, 3.63) is 53.6 Å². The summed E-state index contributed by atoms with van der Waals surface area (Å²) in [7, 11) is 3.22. The van der Waals surface area contributed by atoms with Crippen LogP contribution in [-0.2, 0) is 13.1 Å². The van der Waals surface area contributed by atoms with Gasteiger partial charge >= 0.3 is 0 Å². The third kappa shape index (κ3) is 6.12. The number of anilines is 1. The second-order valence-corrected chi connectivity index (χ2v) is 7.67. The van der Waals surface area contributed by atoms with Crippen molar-refractivity contribution in [1.29, 1.82) is 0 Å². The van der Waals surface area contributed by atoms with E-state index >= 15 is 0 Å². The number of guanidine groups is 1. The van der Waals surface area contributed by atoms with Gasteiger partial charge in [0.15, 0.2) is 17.5 Å². The minimum absolute atomic E-state index is 0.365. The molecule has 29 heavy (non-hydrogen) atoms. The number of nitrogens with one attached hydrogen (secondary N) is 1. The van der Waals surface area contributed by atoms with Crippen LogP contribution >= 0.6 is 0 Å². The molecule has 0 aliphatic carbocycles. The number of hydrogen-bond acceptors (Lipinski definition) is 4. The molecule has 2 aromatic rings. The zero-order valence-electron chi connectivity index (χ0n) is 17.6. The lowest BCUT2D eigenvalue weighted by Gasteiger charge is -2.30. The summed E-state index contributed by atoms with van der Waals surface area (Å²) in [5, 5.41) is 3.09. The molecule has 0 unspecified atom stereocenters. The molecule has 0 atom stereocenters. The predicted octanol–water partition coefficient (Wildman–Crippen LogP) is 3.86. The van der Waals surface area contributed by atoms with Crippen LogP contribution in [0.15, 0.2) is 47.5 Å². The first kappa shape index (κ1) is 21.0. The summed E-state index contributed by atoms with van der Waals surface area (Å²) in [6.07, 6.45) is 2.61. The highest BCUT2D eigenvalue weighted by Crippen LogP contribution is 2.29. The van der Waals surface area contributed by atoms with Crippen molar-refractivity contribution in [3.63, 3.8) is 0 Å². The van der Waals surface area contributed by atoms with Crippen LogP contribution in [0.3, 0.4) is 0 Å². The zero-order chi connectivity index (χ0) is 20.6. The number of nitrogens with two attached hydrogens (primary N) is 1. The van der Waals surface area contributed by atoms with Gasteiger partial charge in [0.1, 0.15) is 0 Å². The molecule has 1 aliphatic heterocycles. The van der Waals surface area contributed by atoms with Gasteiger partial charge in [-0.1, -0.05) is 31.2 Å². The van der Waals surface area contributed by atoms with Crippen molar-refractivity contribution >= 4 is 11.6 Å². The minimum atomic E-state index is 0.365. The van der Waals surface area contributed by atoms with Crippen LogP contribution in [0.25, 0.3) is 0 Å². The van der Waals surface area contributed by atoms with Gasteiger partial charge in [-0.05, 0) is 55.1 Å². The Labute approximate surface area is 173 Å². The van der Waals surface area contributed by atoms with Crippen molar-refractivity contribution in [2.75, 3.05) is 32.6 Å². The lowest BCUT2D eigenvalue weighted by Crippen LogP contribution is -2.32. The fourth-order valence-electron chi connectivity index (χ4n) is 3.51. The highest BCUT2D eigenvalue weighted by atomic mass is 16.5. The van der Waals surface area contributed by atoms with E-state index in [1.165, 1.54) is 31.5 Å². The van der Waals surface area contributed by atoms with Crippen LogP contribution < -0.4 is 20.5 Å². The Balaban J connectivity index is 1.52. The van der Waals surface area contributed by atoms with Crippen molar-refractivity contribution in [2.45, 2.75) is 32.9 Å². The fourth-order valence-corrected chi connectivity index (χ4v) is 3.51. The molecule has 0 amide bonds. The summed E-state index contributed by atoms with van der Waals surface area (Å²) in [5.41, 5.74) is 9.33. The molecule has 3 rings (SSSR count). The van der Waals surface area contributed by atoms with E-state index in [1.807, 2.05) is 18.2 Å². The van der Waals surface area contributed by atoms with Gasteiger partial charge in [0.2, 0.25) is 0 Å². The lowest BCUT2D eigenvalue weighted by molar-refractivity contribution is 0.185. The Bertz CT molecular complexity index is 812. The molecule has 1 saturated heterocycles. The molecular weight excluding hydrogens is 364 g/mol. The molecule has 2 aromatic carbocycles. The predicted molar refractivity (Wildman–Crippen MR) is 119 cm³/mol. The van der Waals surface area contributed by atoms with Gasteiger partial charge in [0, 0.05) is 18.3 Å². The zero-order valence-corrected chi connectivity index (χ0v) is 17.6. The van der Waals surface area contributed by atoms with Gasteiger partial charge in [-0.15, -0.1) is 0 Å². The average Bonchev–Trinajstić information content (AvgIpc) is 2.74. The Morgan fingerprint density at radius 2 is 1.69 bits per heavy atom. The Morgan fingerprint density at radius 3 is 2.34 bits per heavy atom. The van der Waals surface area contributed by atoms with Crippen LogP contribution in [0.1, 0.15) is 30.9 Å². The number of methoxy groups -OCH3 is 2. The normalized spacial score (nSPS) is 15.9. The first-order valence-electron chi connectivity index (χ1n) is 10.2. The number of ether oxygens (including phenoxy) is 2. The highest BCUT2D eigenvalue weighted by molar-refractivity contribution is 5.92. The molecule has 0 aromatic heterocycles. The summed E-state index contributed by atoms with van der Waals surface area (Å²) in [5.74, 6) is 2.55. The van der Waals surface area contributed by atoms with Gasteiger partial charge in [0.25, 0.3) is 0 Å². The van der Waals surface area contributed by atoms with E-state index < -0.39 is 0 Å². The van der Waals surface area contributed by atoms with Crippen LogP contribution in [0.2, 0.25) is 0 Å². The number of aliphatic imine (C=N–C) groups is 1. The topological polar surface area (TPSA) is 72.1 Å². The Kier molecular flexibility index (Phi) is 7.36. The molecule has 6 heteroatoms. The monoisotopic (exact) mass is 396 g/mol. The third-order valence-electron chi connectivity index (χ3n) is 5.39. The SMILES string of the molecule is COc1ccc(NC(N)=NCc2ccc(CN3CCC(C)CC3)cc2)cc1OC. The Morgan fingerprint density at radius 1 is 1.03 bits per heavy atom. The van der Waals surface area contributed by atoms with Gasteiger partial charge in [-0.2, -0.15) is 0 Å². The molecule has 0 radical (unpaired) electrons. The number of likely N-dealkylation sites (tertiary alicyclic amines) is 1. The van der Waals surface area contributed by atoms with E-state index in [2.05, 4.69) is 46.4 Å². The van der Waals surface area contributed by atoms with Gasteiger partial charge < -0.3 is 20.5 Å². The van der Waals surface area contributed by atoms with E-state index in [1.54, 1.807) is 14.2 Å². The van der Waals surface area contributed by atoms with Crippen molar-refractivity contribution in [1.82, 2.24) is 4.90 Å². The maximum Gasteiger partial charge on any atom is 0.193 e. The minimum Gasteiger partial charge on any atom is -0.493 e. The molecule has 0 bridgehead atoms. The molecular formula is C23H32N4O2. The quantitative estimate of drug-likeness (QED) is 0.549. The molecule has 0 spiro atoms. The number of benzene rings is 2. The first-order chi connectivity index (χ1) is 14.1. The largest absolute Gasteiger partial charge is 0.493 e. The molecule has 156 valence electrons. The van der Waals surface area contributed by atoms with E-state index in [-0.39, 0.29) is 0 Å². The first-order valence-corrected chi connectivity index (χ1v) is 10.2. The molecule has 1 aliphatic rings. The summed E-state index contributed by atoms with van der Waals surface area (Å²) >= 11 is 0. The summed E-state index contributed by atoms with van der Waals surface area (Å²) in [4.78, 5) is 6.98. The van der Waals surface area contributed by atoms with Gasteiger partial charge in [-0.25, -0.2) is 4.99 Å².